The number of carboxylic acids is 1. The van der Waals surface area contributed by atoms with Gasteiger partial charge >= 0.3 is 5.97 Å². The van der Waals surface area contributed by atoms with Crippen molar-refractivity contribution >= 4 is 24.1 Å². The zero-order valence-corrected chi connectivity index (χ0v) is 13.6. The van der Waals surface area contributed by atoms with Crippen molar-refractivity contribution in [2.24, 2.45) is 11.7 Å². The monoisotopic (exact) mass is 327 g/mol. The Labute approximate surface area is 136 Å². The Morgan fingerprint density at radius 2 is 1.91 bits per heavy atom. The van der Waals surface area contributed by atoms with Crippen molar-refractivity contribution in [3.63, 3.8) is 0 Å². The molecule has 0 aliphatic rings. The summed E-state index contributed by atoms with van der Waals surface area (Å²) < 4.78 is 0. The van der Waals surface area contributed by atoms with E-state index in [4.69, 9.17) is 16.2 Å². The van der Waals surface area contributed by atoms with Gasteiger partial charge in [0.2, 0.25) is 12.2 Å². The lowest BCUT2D eigenvalue weighted by Crippen LogP contribution is -2.41. The predicted molar refractivity (Wildman–Crippen MR) is 86.7 cm³/mol. The summed E-state index contributed by atoms with van der Waals surface area (Å²) in [5.41, 5.74) is 5.17. The van der Waals surface area contributed by atoms with E-state index < -0.39 is 18.4 Å². The number of guanidine groups is 1. The second-order valence-corrected chi connectivity index (χ2v) is 5.43. The molecule has 1 amide bonds. The van der Waals surface area contributed by atoms with Crippen LogP contribution in [0.25, 0.3) is 0 Å². The minimum Gasteiger partial charge on any atom is -0.481 e. The normalized spacial score (nSPS) is 12.9. The summed E-state index contributed by atoms with van der Waals surface area (Å²) in [6.07, 6.45) is 6.14. The summed E-state index contributed by atoms with van der Waals surface area (Å²) in [7, 11) is 0. The standard InChI is InChI=1S/C15H27N4O4/c1-2-11(7-5-3-4-6-8-18-15(16)17)14(23)19-12(10-20)9-13(21)22/h11-12H,2-9H2,1H3,(H,19,23)(H,21,22)(H4,16,17,18)/t11-,12+/m1/s1. The number of carbonyl (C=O) groups is 2. The van der Waals surface area contributed by atoms with Gasteiger partial charge < -0.3 is 21.5 Å². The van der Waals surface area contributed by atoms with Crippen LogP contribution in [0.15, 0.2) is 0 Å². The van der Waals surface area contributed by atoms with E-state index in [2.05, 4.69) is 10.6 Å². The molecule has 0 aromatic heterocycles. The molecule has 0 unspecified atom stereocenters. The second kappa shape index (κ2) is 12.4. The number of hydrogen-bond acceptors (Lipinski definition) is 4. The van der Waals surface area contributed by atoms with E-state index in [-0.39, 0.29) is 17.8 Å². The van der Waals surface area contributed by atoms with E-state index in [0.29, 0.717) is 19.4 Å². The van der Waals surface area contributed by atoms with E-state index >= 15 is 0 Å². The second-order valence-electron chi connectivity index (χ2n) is 5.43. The van der Waals surface area contributed by atoms with Gasteiger partial charge in [0.1, 0.15) is 6.04 Å². The van der Waals surface area contributed by atoms with Crippen LogP contribution >= 0.6 is 0 Å². The van der Waals surface area contributed by atoms with E-state index in [0.717, 1.165) is 25.7 Å². The van der Waals surface area contributed by atoms with E-state index in [1.807, 2.05) is 6.92 Å². The van der Waals surface area contributed by atoms with Crippen LogP contribution in [-0.4, -0.2) is 41.8 Å². The van der Waals surface area contributed by atoms with Gasteiger partial charge in [-0.2, -0.15) is 0 Å². The first-order valence-corrected chi connectivity index (χ1v) is 7.88. The molecule has 0 saturated carbocycles. The van der Waals surface area contributed by atoms with E-state index in [1.165, 1.54) is 0 Å². The van der Waals surface area contributed by atoms with Crippen LogP contribution in [0.1, 0.15) is 51.9 Å². The Morgan fingerprint density at radius 1 is 1.26 bits per heavy atom. The van der Waals surface area contributed by atoms with Crippen LogP contribution in [0, 0.1) is 11.3 Å². The van der Waals surface area contributed by atoms with Crippen molar-refractivity contribution in [1.82, 2.24) is 10.6 Å². The maximum atomic E-state index is 12.0. The van der Waals surface area contributed by atoms with Gasteiger partial charge in [-0.1, -0.05) is 26.2 Å². The molecular weight excluding hydrogens is 300 g/mol. The van der Waals surface area contributed by atoms with Crippen molar-refractivity contribution in [2.75, 3.05) is 6.54 Å². The largest absolute Gasteiger partial charge is 0.481 e. The quantitative estimate of drug-likeness (QED) is 0.189. The fourth-order valence-corrected chi connectivity index (χ4v) is 2.20. The van der Waals surface area contributed by atoms with Gasteiger partial charge in [-0.25, -0.2) is 0 Å². The summed E-state index contributed by atoms with van der Waals surface area (Å²) in [4.78, 5) is 33.3. The van der Waals surface area contributed by atoms with Crippen LogP contribution in [0.3, 0.4) is 0 Å². The number of aliphatic carboxylic acids is 1. The number of nitrogens with two attached hydrogens (primary N) is 1. The number of unbranched alkanes of at least 4 members (excludes halogenated alkanes) is 3. The molecule has 0 saturated heterocycles. The highest BCUT2D eigenvalue weighted by Crippen LogP contribution is 2.15. The number of carbonyl (C=O) groups excluding carboxylic acids is 2. The highest BCUT2D eigenvalue weighted by Gasteiger charge is 2.21. The molecule has 6 N–H and O–H groups in total. The smallest absolute Gasteiger partial charge is 0.305 e. The summed E-state index contributed by atoms with van der Waals surface area (Å²) >= 11 is 0. The average Bonchev–Trinajstić information content (AvgIpc) is 2.48. The molecule has 0 fully saturated rings. The first kappa shape index (κ1) is 20.9. The average molecular weight is 327 g/mol. The van der Waals surface area contributed by atoms with Crippen molar-refractivity contribution in [3.8, 4) is 0 Å². The number of hydrogen-bond donors (Lipinski definition) is 5. The van der Waals surface area contributed by atoms with Crippen LogP contribution in [0.2, 0.25) is 0 Å². The third kappa shape index (κ3) is 11.1. The van der Waals surface area contributed by atoms with Gasteiger partial charge in [0.15, 0.2) is 5.96 Å². The first-order valence-electron chi connectivity index (χ1n) is 7.88. The van der Waals surface area contributed by atoms with Crippen molar-refractivity contribution in [3.05, 3.63) is 0 Å². The zero-order chi connectivity index (χ0) is 17.7. The summed E-state index contributed by atoms with van der Waals surface area (Å²) in [6, 6.07) is -1.09. The summed E-state index contributed by atoms with van der Waals surface area (Å²) in [6.45, 7) is 2.55. The van der Waals surface area contributed by atoms with E-state index in [1.54, 1.807) is 6.29 Å². The molecule has 0 bridgehead atoms. The fourth-order valence-electron chi connectivity index (χ4n) is 2.20. The molecular formula is C15H27N4O4. The Bertz CT molecular complexity index is 401. The lowest BCUT2D eigenvalue weighted by atomic mass is 9.97. The van der Waals surface area contributed by atoms with Crippen molar-refractivity contribution in [2.45, 2.75) is 57.9 Å². The van der Waals surface area contributed by atoms with Gasteiger partial charge in [-0.05, 0) is 19.3 Å². The molecule has 0 spiro atoms. The minimum atomic E-state index is -1.15. The minimum absolute atomic E-state index is 0.0318. The number of rotatable bonds is 13. The van der Waals surface area contributed by atoms with Gasteiger partial charge in [0.05, 0.1) is 6.42 Å². The Kier molecular flexibility index (Phi) is 11.3. The molecule has 0 aliphatic carbocycles. The molecule has 0 aromatic carbocycles. The molecule has 0 aromatic rings. The molecule has 8 nitrogen and oxygen atoms in total. The zero-order valence-electron chi connectivity index (χ0n) is 13.6. The van der Waals surface area contributed by atoms with Gasteiger partial charge in [-0.15, -0.1) is 0 Å². The van der Waals surface area contributed by atoms with E-state index in [9.17, 15) is 14.4 Å². The SMILES string of the molecule is CC[C@H](CCCCCCNC(=N)N)C(=O)N[C@H]([C]=O)CC(=O)O. The maximum Gasteiger partial charge on any atom is 0.305 e. The topological polar surface area (TPSA) is 145 Å². The molecule has 2 atom stereocenters. The fraction of sp³-hybridized carbons (Fsp3) is 0.733. The number of amides is 1. The molecule has 131 valence electrons. The predicted octanol–water partition coefficient (Wildman–Crippen LogP) is 0.515. The molecule has 0 rings (SSSR count). The van der Waals surface area contributed by atoms with Crippen LogP contribution in [-0.2, 0) is 14.4 Å². The Morgan fingerprint density at radius 3 is 2.43 bits per heavy atom. The third-order valence-corrected chi connectivity index (χ3v) is 3.50. The van der Waals surface area contributed by atoms with Crippen LogP contribution < -0.4 is 16.4 Å². The van der Waals surface area contributed by atoms with Crippen molar-refractivity contribution in [1.29, 1.82) is 5.41 Å². The summed E-state index contributed by atoms with van der Waals surface area (Å²) in [5, 5.41) is 20.8. The lowest BCUT2D eigenvalue weighted by Gasteiger charge is -2.17. The van der Waals surface area contributed by atoms with Gasteiger partial charge in [0.25, 0.3) is 0 Å². The third-order valence-electron chi connectivity index (χ3n) is 3.50. The highest BCUT2D eigenvalue weighted by atomic mass is 16.4. The molecule has 8 heteroatoms. The molecule has 1 radical (unpaired) electrons. The molecule has 0 aliphatic heterocycles. The number of nitrogens with one attached hydrogen (secondary N) is 3. The maximum absolute atomic E-state index is 12.0. The Balaban J connectivity index is 3.98. The van der Waals surface area contributed by atoms with Crippen LogP contribution in [0.5, 0.6) is 0 Å². The van der Waals surface area contributed by atoms with Crippen molar-refractivity contribution < 1.29 is 19.5 Å². The van der Waals surface area contributed by atoms with Crippen LogP contribution in [0.4, 0.5) is 0 Å². The molecule has 0 heterocycles. The first-order chi connectivity index (χ1) is 10.9. The number of carboxylic acid groups (broad SMARTS) is 1. The van der Waals surface area contributed by atoms with Gasteiger partial charge in [0, 0.05) is 12.5 Å². The lowest BCUT2D eigenvalue weighted by molar-refractivity contribution is -0.137. The molecule has 23 heavy (non-hydrogen) atoms. The van der Waals surface area contributed by atoms with Gasteiger partial charge in [-0.3, -0.25) is 19.8 Å². The summed E-state index contributed by atoms with van der Waals surface area (Å²) in [5.74, 6) is -1.70. The Hall–Kier alpha value is -2.12. The highest BCUT2D eigenvalue weighted by molar-refractivity contribution is 5.84.